The third kappa shape index (κ3) is 2.73. The van der Waals surface area contributed by atoms with Crippen LogP contribution in [0.25, 0.3) is 10.4 Å². The summed E-state index contributed by atoms with van der Waals surface area (Å²) >= 11 is 0. The molecule has 5 atom stereocenters. The van der Waals surface area contributed by atoms with Gasteiger partial charge in [-0.25, -0.2) is 0 Å². The van der Waals surface area contributed by atoms with Gasteiger partial charge in [0.15, 0.2) is 0 Å². The lowest BCUT2D eigenvalue weighted by atomic mass is 9.83. The molecular weight excluding hydrogens is 266 g/mol. The largest absolute Gasteiger partial charge is 0.367 e. The van der Waals surface area contributed by atoms with E-state index in [-0.39, 0.29) is 23.9 Å². The summed E-state index contributed by atoms with van der Waals surface area (Å²) in [4.78, 5) is 2.87. The Balaban J connectivity index is 1.81. The molecule has 0 N–H and O–H groups in total. The van der Waals surface area contributed by atoms with Crippen molar-refractivity contribution in [3.63, 3.8) is 0 Å². The van der Waals surface area contributed by atoms with E-state index in [1.807, 2.05) is 0 Å². The first-order chi connectivity index (χ1) is 10.0. The van der Waals surface area contributed by atoms with E-state index >= 15 is 0 Å². The average molecular weight is 289 g/mol. The molecule has 5 heteroatoms. The molecule has 0 aromatic carbocycles. The lowest BCUT2D eigenvalue weighted by Gasteiger charge is -2.20. The number of azide groups is 1. The number of fused-ring (bicyclic) bond motifs is 3. The molecule has 3 rings (SSSR count). The summed E-state index contributed by atoms with van der Waals surface area (Å²) in [5, 5.41) is 3.72. The van der Waals surface area contributed by atoms with Crippen molar-refractivity contribution >= 4 is 0 Å². The van der Waals surface area contributed by atoms with E-state index in [4.69, 9.17) is 15.0 Å². The Bertz CT molecular complexity index is 524. The maximum Gasteiger partial charge on any atom is 0.114 e. The summed E-state index contributed by atoms with van der Waals surface area (Å²) < 4.78 is 12.1. The minimum absolute atomic E-state index is 0.0648. The molecule has 2 heterocycles. The number of allylic oxidation sites excluding steroid dienone is 1. The molecule has 0 bridgehead atoms. The van der Waals surface area contributed by atoms with Crippen molar-refractivity contribution in [2.24, 2.45) is 11.0 Å². The van der Waals surface area contributed by atoms with Crippen LogP contribution in [0.3, 0.4) is 0 Å². The molecule has 21 heavy (non-hydrogen) atoms. The van der Waals surface area contributed by atoms with Gasteiger partial charge in [-0.05, 0) is 50.6 Å². The summed E-state index contributed by atoms with van der Waals surface area (Å²) in [5.41, 5.74) is 10.9. The molecule has 5 nitrogen and oxygen atoms in total. The first-order valence-electron chi connectivity index (χ1n) is 7.76. The summed E-state index contributed by atoms with van der Waals surface area (Å²) in [6, 6.07) is 0. The number of ether oxygens (including phenoxy) is 2. The fraction of sp³-hybridized carbons (Fsp3) is 0.750. The standard InChI is InChI=1S/C16H23N3O2/c1-10-11(2)20-14-13(10)7-6-12(9-18-19-17)5-4-8-16(3)15(14)21-16/h5,11,13-15H,1,4,6-9H2,2-3H3/b12-5+/t11?,13-,14-,15-,16+/m0/s1. The van der Waals surface area contributed by atoms with Crippen LogP contribution in [0.5, 0.6) is 0 Å². The van der Waals surface area contributed by atoms with E-state index in [1.54, 1.807) is 0 Å². The number of hydrogen-bond donors (Lipinski definition) is 0. The zero-order valence-electron chi connectivity index (χ0n) is 12.8. The van der Waals surface area contributed by atoms with Gasteiger partial charge >= 0.3 is 0 Å². The van der Waals surface area contributed by atoms with Crippen molar-refractivity contribution < 1.29 is 9.47 Å². The van der Waals surface area contributed by atoms with Crippen molar-refractivity contribution in [2.45, 2.75) is 63.4 Å². The monoisotopic (exact) mass is 289 g/mol. The predicted octanol–water partition coefficient (Wildman–Crippen LogP) is 3.91. The Kier molecular flexibility index (Phi) is 3.82. The van der Waals surface area contributed by atoms with E-state index in [1.165, 1.54) is 11.1 Å². The minimum Gasteiger partial charge on any atom is -0.367 e. The van der Waals surface area contributed by atoms with Gasteiger partial charge in [0.05, 0.1) is 17.8 Å². The molecular formula is C16H23N3O2. The van der Waals surface area contributed by atoms with Gasteiger partial charge in [0.25, 0.3) is 0 Å². The number of nitrogens with zero attached hydrogens (tertiary/aromatic N) is 3. The second-order valence-electron chi connectivity index (χ2n) is 6.60. The van der Waals surface area contributed by atoms with E-state index in [0.29, 0.717) is 12.5 Å². The minimum atomic E-state index is -0.0648. The maximum absolute atomic E-state index is 8.52. The van der Waals surface area contributed by atoms with Gasteiger partial charge in [0.2, 0.25) is 0 Å². The van der Waals surface area contributed by atoms with Crippen molar-refractivity contribution in [1.82, 2.24) is 0 Å². The fourth-order valence-electron chi connectivity index (χ4n) is 3.71. The Morgan fingerprint density at radius 3 is 3.14 bits per heavy atom. The van der Waals surface area contributed by atoms with Crippen LogP contribution in [0.4, 0.5) is 0 Å². The molecule has 0 amide bonds. The zero-order chi connectivity index (χ0) is 15.0. The molecule has 1 unspecified atom stereocenters. The number of epoxide rings is 1. The Labute approximate surface area is 125 Å². The first kappa shape index (κ1) is 14.6. The first-order valence-corrected chi connectivity index (χ1v) is 7.76. The van der Waals surface area contributed by atoms with Gasteiger partial charge in [-0.3, -0.25) is 0 Å². The van der Waals surface area contributed by atoms with Crippen molar-refractivity contribution in [2.75, 3.05) is 6.54 Å². The Hall–Kier alpha value is -1.29. The van der Waals surface area contributed by atoms with Gasteiger partial charge < -0.3 is 9.47 Å². The zero-order valence-corrected chi connectivity index (χ0v) is 12.8. The quantitative estimate of drug-likeness (QED) is 0.254. The summed E-state index contributed by atoms with van der Waals surface area (Å²) in [6.45, 7) is 8.94. The normalized spacial score (nSPS) is 44.9. The average Bonchev–Trinajstić information content (AvgIpc) is 3.05. The molecule has 0 spiro atoms. The SMILES string of the molecule is C=C1C(C)O[C@H]2[C@H]1CC/C(CN=[N+]=[N-])=C\CC[C@@]1(C)O[C@@H]21. The molecule has 0 saturated carbocycles. The number of rotatable bonds is 2. The molecule has 3 aliphatic rings. The third-order valence-corrected chi connectivity index (χ3v) is 5.18. The van der Waals surface area contributed by atoms with Crippen LogP contribution in [0.15, 0.2) is 28.9 Å². The highest BCUT2D eigenvalue weighted by Gasteiger charge is 2.60. The molecule has 2 saturated heterocycles. The molecule has 2 aliphatic heterocycles. The van der Waals surface area contributed by atoms with Crippen LogP contribution in [0.2, 0.25) is 0 Å². The maximum atomic E-state index is 8.52. The Morgan fingerprint density at radius 1 is 1.57 bits per heavy atom. The van der Waals surface area contributed by atoms with Gasteiger partial charge in [-0.1, -0.05) is 23.3 Å². The van der Waals surface area contributed by atoms with Crippen molar-refractivity contribution in [3.8, 4) is 0 Å². The van der Waals surface area contributed by atoms with Crippen LogP contribution in [0.1, 0.15) is 39.5 Å². The van der Waals surface area contributed by atoms with Gasteiger partial charge in [0.1, 0.15) is 6.10 Å². The summed E-state index contributed by atoms with van der Waals surface area (Å²) in [6.07, 6.45) is 6.57. The molecule has 1 aliphatic carbocycles. The molecule has 2 fully saturated rings. The van der Waals surface area contributed by atoms with Gasteiger partial charge in [-0.15, -0.1) is 0 Å². The van der Waals surface area contributed by atoms with Crippen molar-refractivity contribution in [3.05, 3.63) is 34.2 Å². The van der Waals surface area contributed by atoms with Crippen LogP contribution in [-0.4, -0.2) is 30.5 Å². The van der Waals surface area contributed by atoms with Crippen LogP contribution in [0, 0.1) is 5.92 Å². The second-order valence-corrected chi connectivity index (χ2v) is 6.60. The third-order valence-electron chi connectivity index (χ3n) is 5.18. The highest BCUT2D eigenvalue weighted by atomic mass is 16.6. The predicted molar refractivity (Wildman–Crippen MR) is 80.8 cm³/mol. The van der Waals surface area contributed by atoms with Crippen LogP contribution >= 0.6 is 0 Å². The van der Waals surface area contributed by atoms with Crippen LogP contribution in [-0.2, 0) is 9.47 Å². The molecule has 0 radical (unpaired) electrons. The summed E-state index contributed by atoms with van der Waals surface area (Å²) in [5.74, 6) is 0.347. The molecule has 114 valence electrons. The van der Waals surface area contributed by atoms with E-state index < -0.39 is 0 Å². The highest BCUT2D eigenvalue weighted by molar-refractivity contribution is 5.21. The van der Waals surface area contributed by atoms with Crippen LogP contribution < -0.4 is 0 Å². The molecule has 0 aromatic heterocycles. The Morgan fingerprint density at radius 2 is 2.38 bits per heavy atom. The van der Waals surface area contributed by atoms with E-state index in [0.717, 1.165) is 25.7 Å². The van der Waals surface area contributed by atoms with E-state index in [9.17, 15) is 0 Å². The molecule has 0 aromatic rings. The topological polar surface area (TPSA) is 70.5 Å². The highest BCUT2D eigenvalue weighted by Crippen LogP contribution is 2.50. The van der Waals surface area contributed by atoms with Gasteiger partial charge in [-0.2, -0.15) is 0 Å². The van der Waals surface area contributed by atoms with E-state index in [2.05, 4.69) is 36.5 Å². The smallest absolute Gasteiger partial charge is 0.114 e. The lowest BCUT2D eigenvalue weighted by Crippen LogP contribution is -2.29. The lowest BCUT2D eigenvalue weighted by molar-refractivity contribution is 0.0261. The summed E-state index contributed by atoms with van der Waals surface area (Å²) in [7, 11) is 0. The van der Waals surface area contributed by atoms with Crippen molar-refractivity contribution in [1.29, 1.82) is 0 Å². The number of hydrogen-bond acceptors (Lipinski definition) is 3. The fourth-order valence-corrected chi connectivity index (χ4v) is 3.71. The second kappa shape index (κ2) is 5.48. The van der Waals surface area contributed by atoms with Gasteiger partial charge in [0, 0.05) is 17.4 Å².